The first kappa shape index (κ1) is 16.4. The van der Waals surface area contributed by atoms with Gasteiger partial charge >= 0.3 is 0 Å². The zero-order valence-electron chi connectivity index (χ0n) is 12.4. The predicted molar refractivity (Wildman–Crippen MR) is 80.7 cm³/mol. The van der Waals surface area contributed by atoms with Gasteiger partial charge in [-0.2, -0.15) is 4.31 Å². The SMILES string of the molecule is CCC1CCCN(S(=O)(=O)c2cc(CN)ccc2F)CC1. The second-order valence-corrected chi connectivity index (χ2v) is 7.48. The zero-order chi connectivity index (χ0) is 15.5. The van der Waals surface area contributed by atoms with Crippen LogP contribution in [0.2, 0.25) is 0 Å². The molecular weight excluding hydrogens is 291 g/mol. The molecule has 0 saturated carbocycles. The molecule has 1 unspecified atom stereocenters. The van der Waals surface area contributed by atoms with E-state index in [1.54, 1.807) is 0 Å². The summed E-state index contributed by atoms with van der Waals surface area (Å²) in [5.41, 5.74) is 6.14. The highest BCUT2D eigenvalue weighted by atomic mass is 32.2. The van der Waals surface area contributed by atoms with Gasteiger partial charge in [-0.3, -0.25) is 0 Å². The Labute approximate surface area is 126 Å². The molecule has 2 N–H and O–H groups in total. The molecule has 0 aromatic heterocycles. The normalized spacial score (nSPS) is 21.2. The van der Waals surface area contributed by atoms with Gasteiger partial charge in [-0.05, 0) is 42.9 Å². The topological polar surface area (TPSA) is 63.4 Å². The van der Waals surface area contributed by atoms with Crippen LogP contribution in [0.1, 0.15) is 38.2 Å². The number of nitrogens with zero attached hydrogens (tertiary/aromatic N) is 1. The standard InChI is InChI=1S/C15H23FN2O2S/c1-2-12-4-3-8-18(9-7-12)21(19,20)15-10-13(11-17)5-6-14(15)16/h5-6,10,12H,2-4,7-9,11,17H2,1H3. The van der Waals surface area contributed by atoms with E-state index in [9.17, 15) is 12.8 Å². The molecular formula is C15H23FN2O2S. The first-order valence-electron chi connectivity index (χ1n) is 7.47. The average Bonchev–Trinajstić information content (AvgIpc) is 2.73. The van der Waals surface area contributed by atoms with E-state index in [0.717, 1.165) is 25.7 Å². The van der Waals surface area contributed by atoms with Crippen LogP contribution >= 0.6 is 0 Å². The van der Waals surface area contributed by atoms with E-state index in [-0.39, 0.29) is 11.4 Å². The summed E-state index contributed by atoms with van der Waals surface area (Å²) >= 11 is 0. The molecule has 1 atom stereocenters. The summed E-state index contributed by atoms with van der Waals surface area (Å²) in [5.74, 6) is -0.145. The predicted octanol–water partition coefficient (Wildman–Crippen LogP) is 2.49. The van der Waals surface area contributed by atoms with Gasteiger partial charge in [0.15, 0.2) is 0 Å². The summed E-state index contributed by atoms with van der Waals surface area (Å²) in [7, 11) is -3.78. The Kier molecular flexibility index (Phi) is 5.35. The van der Waals surface area contributed by atoms with Crippen molar-refractivity contribution in [1.29, 1.82) is 0 Å². The summed E-state index contributed by atoms with van der Waals surface area (Å²) in [4.78, 5) is -0.250. The van der Waals surface area contributed by atoms with Crippen molar-refractivity contribution in [2.24, 2.45) is 11.7 Å². The molecule has 118 valence electrons. The van der Waals surface area contributed by atoms with Crippen LogP contribution in [0, 0.1) is 11.7 Å². The molecule has 6 heteroatoms. The van der Waals surface area contributed by atoms with Crippen LogP contribution in [0.3, 0.4) is 0 Å². The number of sulfonamides is 1. The Hall–Kier alpha value is -0.980. The van der Waals surface area contributed by atoms with Crippen molar-refractivity contribution in [2.45, 2.75) is 44.0 Å². The third-order valence-electron chi connectivity index (χ3n) is 4.23. The number of halogens is 1. The highest BCUT2D eigenvalue weighted by molar-refractivity contribution is 7.89. The number of benzene rings is 1. The maximum absolute atomic E-state index is 14.0. The number of hydrogen-bond acceptors (Lipinski definition) is 3. The van der Waals surface area contributed by atoms with E-state index in [1.165, 1.54) is 22.5 Å². The molecule has 0 aliphatic carbocycles. The van der Waals surface area contributed by atoms with E-state index in [1.807, 2.05) is 0 Å². The van der Waals surface area contributed by atoms with Crippen LogP contribution in [0.25, 0.3) is 0 Å². The molecule has 1 heterocycles. The Morgan fingerprint density at radius 3 is 2.76 bits per heavy atom. The lowest BCUT2D eigenvalue weighted by Gasteiger charge is -2.21. The van der Waals surface area contributed by atoms with Crippen molar-refractivity contribution in [3.8, 4) is 0 Å². The van der Waals surface area contributed by atoms with Crippen LogP contribution in [-0.4, -0.2) is 25.8 Å². The highest BCUT2D eigenvalue weighted by Gasteiger charge is 2.29. The minimum Gasteiger partial charge on any atom is -0.326 e. The summed E-state index contributed by atoms with van der Waals surface area (Å²) in [6.45, 7) is 3.25. The van der Waals surface area contributed by atoms with Crippen LogP contribution in [0.15, 0.2) is 23.1 Å². The Morgan fingerprint density at radius 1 is 1.33 bits per heavy atom. The first-order valence-corrected chi connectivity index (χ1v) is 8.91. The number of nitrogens with two attached hydrogens (primary N) is 1. The minimum absolute atomic E-state index is 0.195. The van der Waals surface area contributed by atoms with Gasteiger partial charge in [-0.15, -0.1) is 0 Å². The van der Waals surface area contributed by atoms with Crippen LogP contribution in [0.4, 0.5) is 4.39 Å². The van der Waals surface area contributed by atoms with Gasteiger partial charge in [-0.1, -0.05) is 19.4 Å². The maximum atomic E-state index is 14.0. The van der Waals surface area contributed by atoms with Gasteiger partial charge < -0.3 is 5.73 Å². The molecule has 0 spiro atoms. The second kappa shape index (κ2) is 6.85. The summed E-state index contributed by atoms with van der Waals surface area (Å²) < 4.78 is 40.7. The molecule has 0 radical (unpaired) electrons. The second-order valence-electron chi connectivity index (χ2n) is 5.58. The Balaban J connectivity index is 2.29. The van der Waals surface area contributed by atoms with Crippen molar-refractivity contribution in [3.05, 3.63) is 29.6 Å². The summed E-state index contributed by atoms with van der Waals surface area (Å²) in [5, 5.41) is 0. The van der Waals surface area contributed by atoms with Crippen molar-refractivity contribution >= 4 is 10.0 Å². The number of hydrogen-bond donors (Lipinski definition) is 1. The fourth-order valence-electron chi connectivity index (χ4n) is 2.80. The van der Waals surface area contributed by atoms with Gasteiger partial charge in [0.25, 0.3) is 0 Å². The molecule has 1 aliphatic heterocycles. The molecule has 1 aliphatic rings. The lowest BCUT2D eigenvalue weighted by Crippen LogP contribution is -2.32. The van der Waals surface area contributed by atoms with Crippen LogP contribution in [-0.2, 0) is 16.6 Å². The molecule has 2 rings (SSSR count). The molecule has 1 aromatic carbocycles. The number of rotatable bonds is 4. The smallest absolute Gasteiger partial charge is 0.245 e. The molecule has 1 saturated heterocycles. The lowest BCUT2D eigenvalue weighted by molar-refractivity contribution is 0.404. The van der Waals surface area contributed by atoms with Crippen LogP contribution < -0.4 is 5.73 Å². The molecule has 1 fully saturated rings. The largest absolute Gasteiger partial charge is 0.326 e. The van der Waals surface area contributed by atoms with E-state index in [0.29, 0.717) is 24.6 Å². The van der Waals surface area contributed by atoms with E-state index < -0.39 is 15.8 Å². The van der Waals surface area contributed by atoms with E-state index >= 15 is 0 Å². The molecule has 1 aromatic rings. The molecule has 0 bridgehead atoms. The molecule has 0 amide bonds. The summed E-state index contributed by atoms with van der Waals surface area (Å²) in [6.07, 6.45) is 3.77. The van der Waals surface area contributed by atoms with E-state index in [4.69, 9.17) is 5.73 Å². The average molecular weight is 314 g/mol. The summed E-state index contributed by atoms with van der Waals surface area (Å²) in [6, 6.07) is 4.05. The van der Waals surface area contributed by atoms with Crippen molar-refractivity contribution < 1.29 is 12.8 Å². The van der Waals surface area contributed by atoms with E-state index in [2.05, 4.69) is 6.92 Å². The maximum Gasteiger partial charge on any atom is 0.245 e. The quantitative estimate of drug-likeness (QED) is 0.928. The van der Waals surface area contributed by atoms with Gasteiger partial charge in [0.05, 0.1) is 0 Å². The Morgan fingerprint density at radius 2 is 2.10 bits per heavy atom. The van der Waals surface area contributed by atoms with Gasteiger partial charge in [0, 0.05) is 19.6 Å². The fourth-order valence-corrected chi connectivity index (χ4v) is 4.41. The lowest BCUT2D eigenvalue weighted by atomic mass is 9.98. The zero-order valence-corrected chi connectivity index (χ0v) is 13.2. The highest BCUT2D eigenvalue weighted by Crippen LogP contribution is 2.26. The van der Waals surface area contributed by atoms with Crippen molar-refractivity contribution in [2.75, 3.05) is 13.1 Å². The third kappa shape index (κ3) is 3.62. The van der Waals surface area contributed by atoms with Crippen molar-refractivity contribution in [1.82, 2.24) is 4.31 Å². The first-order chi connectivity index (χ1) is 9.98. The molecule has 21 heavy (non-hydrogen) atoms. The van der Waals surface area contributed by atoms with Gasteiger partial charge in [-0.25, -0.2) is 12.8 Å². The van der Waals surface area contributed by atoms with Crippen molar-refractivity contribution in [3.63, 3.8) is 0 Å². The molecule has 4 nitrogen and oxygen atoms in total. The fraction of sp³-hybridized carbons (Fsp3) is 0.600. The van der Waals surface area contributed by atoms with Gasteiger partial charge in [0.1, 0.15) is 10.7 Å². The third-order valence-corrected chi connectivity index (χ3v) is 6.15. The Bertz CT molecular complexity index is 589. The minimum atomic E-state index is -3.78. The van der Waals surface area contributed by atoms with Gasteiger partial charge in [0.2, 0.25) is 10.0 Å². The van der Waals surface area contributed by atoms with Crippen LogP contribution in [0.5, 0.6) is 0 Å². The monoisotopic (exact) mass is 314 g/mol.